The van der Waals surface area contributed by atoms with E-state index in [9.17, 15) is 26.8 Å². The summed E-state index contributed by atoms with van der Waals surface area (Å²) in [6.45, 7) is 3.90. The molecule has 2 N–H and O–H groups in total. The van der Waals surface area contributed by atoms with E-state index in [0.29, 0.717) is 10.6 Å². The highest BCUT2D eigenvalue weighted by atomic mass is 32.2. The SMILES string of the molecule is Cc1ccc(NC2=C(Sc3ccc(NS(=O)(=O)c4ccc(F)cc4)cc3)C(=O)N(c3ccc(F)cc3)C2=O)cc1C. The van der Waals surface area contributed by atoms with Gasteiger partial charge in [-0.25, -0.2) is 22.1 Å². The van der Waals surface area contributed by atoms with Crippen LogP contribution in [-0.2, 0) is 19.6 Å². The molecule has 0 atom stereocenters. The largest absolute Gasteiger partial charge is 0.350 e. The second kappa shape index (κ2) is 11.2. The van der Waals surface area contributed by atoms with Crippen LogP contribution < -0.4 is 14.9 Å². The number of rotatable bonds is 8. The molecule has 0 saturated carbocycles. The van der Waals surface area contributed by atoms with E-state index in [-0.39, 0.29) is 26.9 Å². The van der Waals surface area contributed by atoms with Gasteiger partial charge in [-0.1, -0.05) is 17.8 Å². The van der Waals surface area contributed by atoms with Crippen molar-refractivity contribution < 1.29 is 26.8 Å². The minimum Gasteiger partial charge on any atom is -0.350 e. The molecular formula is C30H23F2N3O4S2. The van der Waals surface area contributed by atoms with E-state index >= 15 is 0 Å². The van der Waals surface area contributed by atoms with Crippen LogP contribution in [0.25, 0.3) is 0 Å². The van der Waals surface area contributed by atoms with Crippen molar-refractivity contribution in [1.29, 1.82) is 0 Å². The first-order valence-electron chi connectivity index (χ1n) is 12.3. The standard InChI is InChI=1S/C30H23F2N3O4S2/c1-18-3-8-23(17-19(18)2)33-27-28(30(37)35(29(27)36)24-11-4-20(31)5-12-24)40-25-13-9-22(10-14-25)34-41(38,39)26-15-6-21(32)7-16-26/h3-17,33-34H,1-2H3. The van der Waals surface area contributed by atoms with Gasteiger partial charge in [0, 0.05) is 16.3 Å². The maximum absolute atomic E-state index is 13.5. The maximum atomic E-state index is 13.5. The normalized spacial score (nSPS) is 13.6. The van der Waals surface area contributed by atoms with Gasteiger partial charge < -0.3 is 5.32 Å². The number of carbonyl (C=O) groups excluding carboxylic acids is 2. The Hall–Kier alpha value is -4.48. The summed E-state index contributed by atoms with van der Waals surface area (Å²) in [5.74, 6) is -2.23. The van der Waals surface area contributed by atoms with E-state index in [2.05, 4.69) is 10.0 Å². The summed E-state index contributed by atoms with van der Waals surface area (Å²) in [4.78, 5) is 28.6. The molecule has 1 heterocycles. The second-order valence-electron chi connectivity index (χ2n) is 9.24. The number of anilines is 3. The van der Waals surface area contributed by atoms with Crippen LogP contribution in [0.2, 0.25) is 0 Å². The van der Waals surface area contributed by atoms with Crippen molar-refractivity contribution in [2.45, 2.75) is 23.6 Å². The van der Waals surface area contributed by atoms with Crippen LogP contribution >= 0.6 is 11.8 Å². The molecule has 1 aliphatic heterocycles. The summed E-state index contributed by atoms with van der Waals surface area (Å²) in [5, 5.41) is 3.09. The quantitative estimate of drug-likeness (QED) is 0.231. The lowest BCUT2D eigenvalue weighted by molar-refractivity contribution is -0.120. The first kappa shape index (κ1) is 28.1. The molecule has 0 aromatic heterocycles. The highest BCUT2D eigenvalue weighted by Gasteiger charge is 2.40. The van der Waals surface area contributed by atoms with Gasteiger partial charge in [0.1, 0.15) is 22.2 Å². The van der Waals surface area contributed by atoms with Crippen LogP contribution in [0.3, 0.4) is 0 Å². The molecule has 1 aliphatic rings. The van der Waals surface area contributed by atoms with E-state index in [4.69, 9.17) is 0 Å². The fourth-order valence-electron chi connectivity index (χ4n) is 4.04. The molecule has 11 heteroatoms. The average molecular weight is 592 g/mol. The van der Waals surface area contributed by atoms with Crippen LogP contribution in [0.4, 0.5) is 25.8 Å². The predicted octanol–water partition coefficient (Wildman–Crippen LogP) is 6.37. The highest BCUT2D eigenvalue weighted by molar-refractivity contribution is 8.04. The third-order valence-corrected chi connectivity index (χ3v) is 8.84. The molecule has 0 fully saturated rings. The molecule has 5 rings (SSSR count). The Balaban J connectivity index is 1.43. The monoisotopic (exact) mass is 591 g/mol. The number of carbonyl (C=O) groups is 2. The van der Waals surface area contributed by atoms with Gasteiger partial charge in [0.25, 0.3) is 21.8 Å². The van der Waals surface area contributed by atoms with Gasteiger partial charge in [-0.05, 0) is 110 Å². The fraction of sp³-hybridized carbons (Fsp3) is 0.0667. The summed E-state index contributed by atoms with van der Waals surface area (Å²) < 4.78 is 54.5. The fourth-order valence-corrected chi connectivity index (χ4v) is 6.02. The molecule has 0 radical (unpaired) electrons. The molecule has 0 spiro atoms. The summed E-state index contributed by atoms with van der Waals surface area (Å²) in [7, 11) is -3.95. The number of sulfonamides is 1. The third kappa shape index (κ3) is 6.01. The van der Waals surface area contributed by atoms with Crippen LogP contribution in [0.1, 0.15) is 11.1 Å². The molecule has 208 valence electrons. The molecule has 4 aromatic carbocycles. The Labute approximate surface area is 239 Å². The molecule has 7 nitrogen and oxygen atoms in total. The molecule has 4 aromatic rings. The maximum Gasteiger partial charge on any atom is 0.283 e. The van der Waals surface area contributed by atoms with Crippen molar-refractivity contribution in [2.24, 2.45) is 0 Å². The van der Waals surface area contributed by atoms with Gasteiger partial charge in [-0.3, -0.25) is 14.3 Å². The number of imide groups is 1. The Bertz CT molecular complexity index is 1790. The van der Waals surface area contributed by atoms with Crippen molar-refractivity contribution in [3.8, 4) is 0 Å². The number of aryl methyl sites for hydroxylation is 2. The number of thioether (sulfide) groups is 1. The Kier molecular flexibility index (Phi) is 7.65. The van der Waals surface area contributed by atoms with Crippen LogP contribution in [0.5, 0.6) is 0 Å². The molecule has 2 amide bonds. The topological polar surface area (TPSA) is 95.6 Å². The van der Waals surface area contributed by atoms with Crippen LogP contribution in [0, 0.1) is 25.5 Å². The lowest BCUT2D eigenvalue weighted by atomic mass is 10.1. The Morgan fingerprint density at radius 1 is 0.707 bits per heavy atom. The minimum absolute atomic E-state index is 0.0636. The zero-order valence-electron chi connectivity index (χ0n) is 21.8. The van der Waals surface area contributed by atoms with Gasteiger partial charge in [-0.15, -0.1) is 0 Å². The zero-order valence-corrected chi connectivity index (χ0v) is 23.4. The Morgan fingerprint density at radius 2 is 1.29 bits per heavy atom. The lowest BCUT2D eigenvalue weighted by Crippen LogP contribution is -2.32. The first-order chi connectivity index (χ1) is 19.5. The number of nitrogens with zero attached hydrogens (tertiary/aromatic N) is 1. The Morgan fingerprint density at radius 3 is 1.90 bits per heavy atom. The molecular weight excluding hydrogens is 568 g/mol. The molecule has 41 heavy (non-hydrogen) atoms. The summed E-state index contributed by atoms with van der Waals surface area (Å²) >= 11 is 1.04. The highest BCUT2D eigenvalue weighted by Crippen LogP contribution is 2.38. The predicted molar refractivity (Wildman–Crippen MR) is 155 cm³/mol. The van der Waals surface area contributed by atoms with Crippen molar-refractivity contribution in [3.63, 3.8) is 0 Å². The van der Waals surface area contributed by atoms with Gasteiger partial charge >= 0.3 is 0 Å². The van der Waals surface area contributed by atoms with Gasteiger partial charge in [-0.2, -0.15) is 0 Å². The number of nitrogens with one attached hydrogen (secondary N) is 2. The van der Waals surface area contributed by atoms with E-state index in [0.717, 1.165) is 52.1 Å². The van der Waals surface area contributed by atoms with Crippen molar-refractivity contribution in [2.75, 3.05) is 14.9 Å². The van der Waals surface area contributed by atoms with E-state index < -0.39 is 33.5 Å². The van der Waals surface area contributed by atoms with Crippen molar-refractivity contribution in [3.05, 3.63) is 124 Å². The van der Waals surface area contributed by atoms with Gasteiger partial charge in [0.15, 0.2) is 0 Å². The van der Waals surface area contributed by atoms with E-state index in [1.807, 2.05) is 26.0 Å². The van der Waals surface area contributed by atoms with E-state index in [1.165, 1.54) is 36.4 Å². The number of hydrogen-bond acceptors (Lipinski definition) is 6. The van der Waals surface area contributed by atoms with Crippen LogP contribution in [0.15, 0.2) is 111 Å². The number of benzene rings is 4. The van der Waals surface area contributed by atoms with Gasteiger partial charge in [0.05, 0.1) is 10.6 Å². The average Bonchev–Trinajstić information content (AvgIpc) is 3.16. The van der Waals surface area contributed by atoms with Gasteiger partial charge in [0.2, 0.25) is 0 Å². The molecule has 0 saturated heterocycles. The summed E-state index contributed by atoms with van der Waals surface area (Å²) in [5.41, 5.74) is 3.22. The van der Waals surface area contributed by atoms with Crippen molar-refractivity contribution >= 4 is 50.7 Å². The molecule has 0 bridgehead atoms. The van der Waals surface area contributed by atoms with Crippen molar-refractivity contribution in [1.82, 2.24) is 0 Å². The number of halogens is 2. The second-order valence-corrected chi connectivity index (χ2v) is 12.0. The first-order valence-corrected chi connectivity index (χ1v) is 14.6. The summed E-state index contributed by atoms with van der Waals surface area (Å²) in [6.07, 6.45) is 0. The number of hydrogen-bond donors (Lipinski definition) is 2. The zero-order chi connectivity index (χ0) is 29.3. The van der Waals surface area contributed by atoms with Crippen LogP contribution in [-0.4, -0.2) is 20.2 Å². The number of amides is 2. The minimum atomic E-state index is -3.95. The summed E-state index contributed by atoms with van der Waals surface area (Å²) in [6, 6.07) is 21.3. The smallest absolute Gasteiger partial charge is 0.283 e. The van der Waals surface area contributed by atoms with E-state index in [1.54, 1.807) is 18.2 Å². The molecule has 0 unspecified atom stereocenters. The third-order valence-electron chi connectivity index (χ3n) is 6.35. The molecule has 0 aliphatic carbocycles. The lowest BCUT2D eigenvalue weighted by Gasteiger charge is -2.15.